The molecule has 0 spiro atoms. The number of carbonyl (C=O) groups excluding carboxylic acids is 2. The average Bonchev–Trinajstić information content (AvgIpc) is 3.44. The van der Waals surface area contributed by atoms with Gasteiger partial charge in [0.1, 0.15) is 5.52 Å². The van der Waals surface area contributed by atoms with E-state index in [2.05, 4.69) is 32.0 Å². The number of pyridine rings is 1. The van der Waals surface area contributed by atoms with E-state index in [1.807, 2.05) is 48.7 Å². The number of carbonyl (C=O) groups is 2. The maximum atomic E-state index is 12.6. The summed E-state index contributed by atoms with van der Waals surface area (Å²) in [5.74, 6) is 1.36. The minimum atomic E-state index is -0.383. The fourth-order valence-corrected chi connectivity index (χ4v) is 4.95. The van der Waals surface area contributed by atoms with Crippen LogP contribution in [0.2, 0.25) is 0 Å². The minimum absolute atomic E-state index is 0.156. The van der Waals surface area contributed by atoms with E-state index in [-0.39, 0.29) is 17.9 Å². The molecule has 0 saturated carbocycles. The third-order valence-electron chi connectivity index (χ3n) is 7.05. The van der Waals surface area contributed by atoms with Gasteiger partial charge < -0.3 is 25.6 Å². The molecule has 1 fully saturated rings. The molecule has 42 heavy (non-hydrogen) atoms. The highest BCUT2D eigenvalue weighted by Gasteiger charge is 2.22. The average molecular weight is 566 g/mol. The highest BCUT2D eigenvalue weighted by atomic mass is 16.5. The number of urea groups is 1. The predicted octanol–water partition coefficient (Wildman–Crippen LogP) is 4.15. The van der Waals surface area contributed by atoms with E-state index in [0.29, 0.717) is 36.1 Å². The number of rotatable bonds is 6. The first-order valence-corrected chi connectivity index (χ1v) is 13.7. The van der Waals surface area contributed by atoms with Gasteiger partial charge >= 0.3 is 6.03 Å². The van der Waals surface area contributed by atoms with Crippen LogP contribution in [0.3, 0.4) is 0 Å². The quantitative estimate of drug-likeness (QED) is 0.317. The topological polar surface area (TPSA) is 137 Å². The van der Waals surface area contributed by atoms with Gasteiger partial charge in [-0.1, -0.05) is 0 Å². The molecule has 2 aromatic carbocycles. The molecule has 0 radical (unpaired) electrons. The lowest BCUT2D eigenvalue weighted by atomic mass is 10.0. The van der Waals surface area contributed by atoms with Crippen LogP contribution in [0.4, 0.5) is 27.7 Å². The Morgan fingerprint density at radius 3 is 2.17 bits per heavy atom. The second-order valence-corrected chi connectivity index (χ2v) is 10.2. The Bertz CT molecular complexity index is 1630. The summed E-state index contributed by atoms with van der Waals surface area (Å²) in [7, 11) is 1.95. The summed E-state index contributed by atoms with van der Waals surface area (Å²) in [6.07, 6.45) is 3.84. The van der Waals surface area contributed by atoms with E-state index < -0.39 is 0 Å². The number of benzene rings is 2. The van der Waals surface area contributed by atoms with Crippen LogP contribution in [0.25, 0.3) is 22.4 Å². The number of ether oxygens (including phenoxy) is 1. The van der Waals surface area contributed by atoms with E-state index in [0.717, 1.165) is 47.6 Å². The fourth-order valence-electron chi connectivity index (χ4n) is 4.95. The van der Waals surface area contributed by atoms with Crippen molar-refractivity contribution in [2.24, 2.45) is 5.10 Å². The van der Waals surface area contributed by atoms with Crippen molar-refractivity contribution in [1.29, 1.82) is 0 Å². The van der Waals surface area contributed by atoms with Gasteiger partial charge in [0, 0.05) is 74.6 Å². The van der Waals surface area contributed by atoms with Gasteiger partial charge in [0.25, 0.3) is 0 Å². The molecule has 4 heterocycles. The van der Waals surface area contributed by atoms with Gasteiger partial charge in [0.15, 0.2) is 11.6 Å². The second-order valence-electron chi connectivity index (χ2n) is 10.2. The number of nitrogens with one attached hydrogen (secondary N) is 3. The lowest BCUT2D eigenvalue weighted by molar-refractivity contribution is -0.114. The van der Waals surface area contributed by atoms with E-state index in [9.17, 15) is 9.59 Å². The Hall–Kier alpha value is -5.10. The Morgan fingerprint density at radius 1 is 0.905 bits per heavy atom. The second kappa shape index (κ2) is 11.8. The van der Waals surface area contributed by atoms with Crippen molar-refractivity contribution in [3.8, 4) is 11.4 Å². The first kappa shape index (κ1) is 27.1. The normalized spacial score (nSPS) is 16.5. The molecule has 1 atom stereocenters. The summed E-state index contributed by atoms with van der Waals surface area (Å²) >= 11 is 0. The molecule has 4 aromatic rings. The number of hydrogen-bond donors (Lipinski definition) is 3. The molecule has 2 aliphatic rings. The molecule has 6 rings (SSSR count). The molecule has 0 bridgehead atoms. The number of fused-ring (bicyclic) bond motifs is 1. The van der Waals surface area contributed by atoms with Crippen molar-refractivity contribution in [3.63, 3.8) is 0 Å². The number of aromatic nitrogens is 3. The molecular weight excluding hydrogens is 534 g/mol. The van der Waals surface area contributed by atoms with Crippen LogP contribution in [0.5, 0.6) is 0 Å². The molecule has 3 amide bonds. The van der Waals surface area contributed by atoms with Crippen LogP contribution in [-0.2, 0) is 9.53 Å². The molecule has 3 N–H and O–H groups in total. The van der Waals surface area contributed by atoms with Gasteiger partial charge in [-0.2, -0.15) is 5.10 Å². The fraction of sp³-hybridized carbons (Fsp3) is 0.267. The lowest BCUT2D eigenvalue weighted by Gasteiger charge is -2.28. The summed E-state index contributed by atoms with van der Waals surface area (Å²) < 4.78 is 5.57. The molecule has 214 valence electrons. The summed E-state index contributed by atoms with van der Waals surface area (Å²) in [6.45, 7) is 4.95. The first-order valence-electron chi connectivity index (χ1n) is 13.7. The van der Waals surface area contributed by atoms with Crippen LogP contribution in [0.1, 0.15) is 18.4 Å². The van der Waals surface area contributed by atoms with Crippen molar-refractivity contribution in [2.45, 2.75) is 12.8 Å². The number of nitrogens with zero attached hydrogens (tertiary/aromatic N) is 6. The number of hydrogen-bond acceptors (Lipinski definition) is 9. The maximum absolute atomic E-state index is 12.6. The van der Waals surface area contributed by atoms with Crippen molar-refractivity contribution in [1.82, 2.24) is 20.0 Å². The van der Waals surface area contributed by atoms with Crippen LogP contribution >= 0.6 is 0 Å². The minimum Gasteiger partial charge on any atom is -0.378 e. The van der Waals surface area contributed by atoms with Crippen molar-refractivity contribution < 1.29 is 14.3 Å². The number of hydrazone groups is 1. The van der Waals surface area contributed by atoms with E-state index in [1.165, 1.54) is 6.92 Å². The van der Waals surface area contributed by atoms with Crippen molar-refractivity contribution >= 4 is 52.1 Å². The zero-order valence-corrected chi connectivity index (χ0v) is 23.4. The summed E-state index contributed by atoms with van der Waals surface area (Å²) in [4.78, 5) is 40.6. The Labute approximate surface area is 242 Å². The Balaban J connectivity index is 1.22. The van der Waals surface area contributed by atoms with Gasteiger partial charge in [0.2, 0.25) is 5.91 Å². The SMILES string of the molecule is CC(=O)Nc1ccc(NC(=O)Nc2ccc(-c3nc(N4CCOCC4)c4ncc(C5C=NN(C)C5)cc4n3)cc2)cc1. The third kappa shape index (κ3) is 6.13. The molecule has 2 aromatic heterocycles. The van der Waals surface area contributed by atoms with Gasteiger partial charge in [-0.05, 0) is 60.2 Å². The van der Waals surface area contributed by atoms with Gasteiger partial charge in [-0.3, -0.25) is 14.8 Å². The van der Waals surface area contributed by atoms with Crippen molar-refractivity contribution in [2.75, 3.05) is 60.7 Å². The maximum Gasteiger partial charge on any atom is 0.323 e. The summed E-state index contributed by atoms with van der Waals surface area (Å²) in [6, 6.07) is 16.0. The zero-order chi connectivity index (χ0) is 29.1. The van der Waals surface area contributed by atoms with Gasteiger partial charge in [-0.15, -0.1) is 0 Å². The Kier molecular flexibility index (Phi) is 7.60. The molecule has 2 aliphatic heterocycles. The van der Waals surface area contributed by atoms with Crippen LogP contribution in [0, 0.1) is 0 Å². The highest BCUT2D eigenvalue weighted by Crippen LogP contribution is 2.30. The van der Waals surface area contributed by atoms with E-state index in [1.54, 1.807) is 24.3 Å². The van der Waals surface area contributed by atoms with Crippen LogP contribution in [0.15, 0.2) is 65.9 Å². The number of morpholine rings is 1. The molecule has 1 saturated heterocycles. The monoisotopic (exact) mass is 565 g/mol. The van der Waals surface area contributed by atoms with Gasteiger partial charge in [0.05, 0.1) is 18.7 Å². The predicted molar refractivity (Wildman–Crippen MR) is 163 cm³/mol. The largest absolute Gasteiger partial charge is 0.378 e. The van der Waals surface area contributed by atoms with E-state index >= 15 is 0 Å². The van der Waals surface area contributed by atoms with Crippen molar-refractivity contribution in [3.05, 3.63) is 66.4 Å². The molecule has 12 nitrogen and oxygen atoms in total. The molecule has 0 aliphatic carbocycles. The zero-order valence-electron chi connectivity index (χ0n) is 23.4. The highest BCUT2D eigenvalue weighted by molar-refractivity contribution is 6.00. The lowest BCUT2D eigenvalue weighted by Crippen LogP contribution is -2.37. The van der Waals surface area contributed by atoms with Gasteiger partial charge in [-0.25, -0.2) is 14.8 Å². The standard InChI is InChI=1S/C30H31N9O3/c1-19(40)33-23-7-9-25(10-8-23)35-30(41)34-24-5-3-20(4-6-24)28-36-26-15-21(22-17-32-38(2)18-22)16-31-27(26)29(37-28)39-11-13-42-14-12-39/h3-10,15-17,22H,11-14,18H2,1-2H3,(H,33,40)(H2,34,35,41). The smallest absolute Gasteiger partial charge is 0.323 e. The molecule has 1 unspecified atom stereocenters. The number of amides is 3. The number of likely N-dealkylation sites (N-methyl/N-ethyl adjacent to an activating group) is 1. The third-order valence-corrected chi connectivity index (χ3v) is 7.05. The molecular formula is C30H31N9O3. The number of anilines is 4. The summed E-state index contributed by atoms with van der Waals surface area (Å²) in [5, 5.41) is 14.6. The Morgan fingerprint density at radius 2 is 1.55 bits per heavy atom. The van der Waals surface area contributed by atoms with E-state index in [4.69, 9.17) is 19.7 Å². The first-order chi connectivity index (χ1) is 20.4. The van der Waals surface area contributed by atoms with Crippen LogP contribution in [-0.4, -0.2) is 78.0 Å². The molecule has 12 heteroatoms. The van der Waals surface area contributed by atoms with Crippen LogP contribution < -0.4 is 20.9 Å². The summed E-state index contributed by atoms with van der Waals surface area (Å²) in [5.41, 5.74) is 5.28.